The number of hydrogen-bond donors (Lipinski definition) is 2. The van der Waals surface area contributed by atoms with Gasteiger partial charge in [0.05, 0.1) is 52.0 Å². The number of nitrogens with one attached hydrogen (secondary N) is 2. The molecule has 0 aliphatic carbocycles. The van der Waals surface area contributed by atoms with E-state index in [4.69, 9.17) is 11.6 Å². The zero-order valence-electron chi connectivity index (χ0n) is 20.3. The third-order valence-electron chi connectivity index (χ3n) is 5.94. The Kier molecular flexibility index (Phi) is 7.25. The Labute approximate surface area is 225 Å². The molecular weight excluding hydrogens is 531 g/mol. The van der Waals surface area contributed by atoms with Crippen LogP contribution >= 0.6 is 11.6 Å². The number of halogens is 4. The monoisotopic (exact) mass is 549 g/mol. The van der Waals surface area contributed by atoms with Gasteiger partial charge in [0.15, 0.2) is 5.82 Å². The average Bonchev–Trinajstić information content (AvgIpc) is 3.44. The smallest absolute Gasteiger partial charge is 0.249 e. The zero-order chi connectivity index (χ0) is 27.5. The van der Waals surface area contributed by atoms with E-state index < -0.39 is 30.5 Å². The van der Waals surface area contributed by atoms with Gasteiger partial charge in [0.1, 0.15) is 18.4 Å². The fourth-order valence-electron chi connectivity index (χ4n) is 3.95. The molecule has 5 rings (SSSR count). The van der Waals surface area contributed by atoms with E-state index in [2.05, 4.69) is 35.9 Å². The summed E-state index contributed by atoms with van der Waals surface area (Å²) in [6.45, 7) is 1.08. The van der Waals surface area contributed by atoms with Crippen molar-refractivity contribution in [2.24, 2.45) is 0 Å². The van der Waals surface area contributed by atoms with E-state index in [0.717, 1.165) is 17.8 Å². The highest BCUT2D eigenvalue weighted by Gasteiger charge is 2.21. The Hall–Kier alpha value is -4.76. The van der Waals surface area contributed by atoms with Crippen LogP contribution in [0.4, 0.5) is 30.2 Å². The second-order valence-corrected chi connectivity index (χ2v) is 9.03. The number of nitriles is 1. The molecule has 5 aromatic rings. The van der Waals surface area contributed by atoms with Crippen molar-refractivity contribution in [3.8, 4) is 6.07 Å². The highest BCUT2D eigenvalue weighted by Crippen LogP contribution is 2.36. The maximum absolute atomic E-state index is 13.8. The van der Waals surface area contributed by atoms with Crippen molar-refractivity contribution in [1.29, 1.82) is 5.26 Å². The summed E-state index contributed by atoms with van der Waals surface area (Å²) >= 11 is 6.60. The van der Waals surface area contributed by atoms with Crippen LogP contribution < -0.4 is 10.6 Å². The van der Waals surface area contributed by atoms with Crippen LogP contribution in [-0.4, -0.2) is 36.6 Å². The van der Waals surface area contributed by atoms with E-state index in [1.165, 1.54) is 10.9 Å². The quantitative estimate of drug-likeness (QED) is 0.230. The fraction of sp³-hybridized carbons (Fsp3) is 0.154. The van der Waals surface area contributed by atoms with Crippen molar-refractivity contribution < 1.29 is 13.2 Å². The number of anilines is 3. The molecule has 13 heteroatoms. The Bertz CT molecular complexity index is 1690. The van der Waals surface area contributed by atoms with Crippen LogP contribution in [0.2, 0.25) is 5.02 Å². The van der Waals surface area contributed by atoms with Crippen LogP contribution in [-0.2, 0) is 0 Å². The number of hydrogen-bond acceptors (Lipinski definition) is 8. The number of aromatic nitrogens is 6. The number of nitrogens with zero attached hydrogens (tertiary/aromatic N) is 7. The molecular formula is C26H19ClF3N9. The normalized spacial score (nSPS) is 12.6. The highest BCUT2D eigenvalue weighted by molar-refractivity contribution is 6.36. The molecule has 2 atom stereocenters. The topological polar surface area (TPSA) is 117 Å². The SMILES string of the molecule is C[C@@H](CF)n1cc([C@@H](Nc2cc(Cl)c3ncc(C#N)c(Nc4cnc(F)c(F)c4)c3c2)c2cccnc2)nn1. The van der Waals surface area contributed by atoms with Crippen molar-refractivity contribution in [1.82, 2.24) is 29.9 Å². The van der Waals surface area contributed by atoms with Crippen molar-refractivity contribution >= 4 is 39.6 Å². The van der Waals surface area contributed by atoms with E-state index in [1.54, 1.807) is 43.7 Å². The van der Waals surface area contributed by atoms with Crippen molar-refractivity contribution in [2.75, 3.05) is 17.3 Å². The third-order valence-corrected chi connectivity index (χ3v) is 6.23. The standard InChI is InChI=1S/C26H19ClF3N9/c1-14(8-28)39-13-22(37-38-39)24(15-3-2-4-32-10-15)35-17-5-19-23(36-18-7-21(29)26(30)34-12-18)16(9-31)11-33-25(19)20(27)6-17/h2-7,10-14,24,35H,8H2,1H3,(H,33,36)/t14-,24-/m0/s1. The Morgan fingerprint density at radius 3 is 2.69 bits per heavy atom. The molecule has 0 saturated carbocycles. The molecule has 0 unspecified atom stereocenters. The summed E-state index contributed by atoms with van der Waals surface area (Å²) in [6, 6.07) is 8.92. The lowest BCUT2D eigenvalue weighted by atomic mass is 10.0. The summed E-state index contributed by atoms with van der Waals surface area (Å²) in [7, 11) is 0. The van der Waals surface area contributed by atoms with Crippen LogP contribution in [0.25, 0.3) is 10.9 Å². The minimum atomic E-state index is -1.24. The minimum Gasteiger partial charge on any atom is -0.373 e. The maximum Gasteiger partial charge on any atom is 0.249 e. The van der Waals surface area contributed by atoms with Gasteiger partial charge < -0.3 is 10.6 Å². The summed E-state index contributed by atoms with van der Waals surface area (Å²) in [5.74, 6) is -2.39. The van der Waals surface area contributed by atoms with E-state index in [9.17, 15) is 18.4 Å². The first kappa shape index (κ1) is 25.9. The summed E-state index contributed by atoms with van der Waals surface area (Å²) in [6.07, 6.45) is 7.39. The predicted molar refractivity (Wildman–Crippen MR) is 139 cm³/mol. The predicted octanol–water partition coefficient (Wildman–Crippen LogP) is 5.90. The average molecular weight is 550 g/mol. The molecule has 0 saturated heterocycles. The second kappa shape index (κ2) is 10.9. The molecule has 0 amide bonds. The molecule has 0 fully saturated rings. The van der Waals surface area contributed by atoms with Crippen LogP contribution in [0, 0.1) is 23.1 Å². The van der Waals surface area contributed by atoms with E-state index in [1.807, 2.05) is 12.1 Å². The molecule has 0 spiro atoms. The molecule has 0 radical (unpaired) electrons. The third kappa shape index (κ3) is 5.30. The Morgan fingerprint density at radius 2 is 1.97 bits per heavy atom. The number of alkyl halides is 1. The summed E-state index contributed by atoms with van der Waals surface area (Å²) in [5.41, 5.74) is 2.71. The van der Waals surface area contributed by atoms with Gasteiger partial charge in [0.25, 0.3) is 0 Å². The lowest BCUT2D eigenvalue weighted by molar-refractivity contribution is 0.351. The van der Waals surface area contributed by atoms with Gasteiger partial charge in [-0.05, 0) is 30.7 Å². The molecule has 0 aliphatic heterocycles. The lowest BCUT2D eigenvalue weighted by Gasteiger charge is -2.20. The van der Waals surface area contributed by atoms with E-state index >= 15 is 0 Å². The summed E-state index contributed by atoms with van der Waals surface area (Å²) < 4.78 is 41.9. The van der Waals surface area contributed by atoms with Crippen LogP contribution in [0.5, 0.6) is 0 Å². The van der Waals surface area contributed by atoms with Crippen molar-refractivity contribution in [3.05, 3.63) is 94.9 Å². The van der Waals surface area contributed by atoms with Crippen molar-refractivity contribution in [2.45, 2.75) is 19.0 Å². The van der Waals surface area contributed by atoms with Crippen LogP contribution in [0.3, 0.4) is 0 Å². The van der Waals surface area contributed by atoms with Gasteiger partial charge in [-0.2, -0.15) is 9.65 Å². The van der Waals surface area contributed by atoms with Gasteiger partial charge >= 0.3 is 0 Å². The minimum absolute atomic E-state index is 0.124. The molecule has 4 aromatic heterocycles. The molecule has 0 aliphatic rings. The lowest BCUT2D eigenvalue weighted by Crippen LogP contribution is -2.13. The largest absolute Gasteiger partial charge is 0.373 e. The van der Waals surface area contributed by atoms with Gasteiger partial charge in [-0.25, -0.2) is 18.4 Å². The second-order valence-electron chi connectivity index (χ2n) is 8.62. The summed E-state index contributed by atoms with van der Waals surface area (Å²) in [4.78, 5) is 11.9. The van der Waals surface area contributed by atoms with Crippen LogP contribution in [0.15, 0.2) is 61.3 Å². The first-order valence-corrected chi connectivity index (χ1v) is 12.0. The van der Waals surface area contributed by atoms with Gasteiger partial charge in [0, 0.05) is 35.7 Å². The van der Waals surface area contributed by atoms with Crippen molar-refractivity contribution in [3.63, 3.8) is 0 Å². The van der Waals surface area contributed by atoms with Crippen LogP contribution in [0.1, 0.15) is 35.8 Å². The fourth-order valence-corrected chi connectivity index (χ4v) is 4.21. The zero-order valence-corrected chi connectivity index (χ0v) is 21.0. The first-order chi connectivity index (χ1) is 18.9. The Balaban J connectivity index is 1.60. The molecule has 2 N–H and O–H groups in total. The number of rotatable bonds is 8. The molecule has 4 heterocycles. The number of benzene rings is 1. The number of fused-ring (bicyclic) bond motifs is 1. The Morgan fingerprint density at radius 1 is 1.13 bits per heavy atom. The van der Waals surface area contributed by atoms with E-state index in [0.29, 0.717) is 22.3 Å². The molecule has 39 heavy (non-hydrogen) atoms. The summed E-state index contributed by atoms with van der Waals surface area (Å²) in [5, 5.41) is 25.0. The first-order valence-electron chi connectivity index (χ1n) is 11.6. The maximum atomic E-state index is 13.8. The van der Waals surface area contributed by atoms with Gasteiger partial charge in [0.2, 0.25) is 5.95 Å². The highest BCUT2D eigenvalue weighted by atomic mass is 35.5. The molecule has 196 valence electrons. The molecule has 9 nitrogen and oxygen atoms in total. The van der Waals surface area contributed by atoms with Gasteiger partial charge in [-0.1, -0.05) is 22.9 Å². The van der Waals surface area contributed by atoms with E-state index in [-0.39, 0.29) is 22.0 Å². The van der Waals surface area contributed by atoms with Gasteiger partial charge in [-0.15, -0.1) is 5.10 Å². The number of pyridine rings is 3. The molecule has 0 bridgehead atoms. The molecule has 1 aromatic carbocycles. The van der Waals surface area contributed by atoms with Gasteiger partial charge in [-0.3, -0.25) is 9.97 Å².